The van der Waals surface area contributed by atoms with Gasteiger partial charge in [-0.05, 0) is 43.7 Å². The number of aromatic nitrogens is 2. The van der Waals surface area contributed by atoms with Gasteiger partial charge >= 0.3 is 0 Å². The van der Waals surface area contributed by atoms with Gasteiger partial charge in [0.15, 0.2) is 17.4 Å². The first kappa shape index (κ1) is 16.0. The third-order valence-electron chi connectivity index (χ3n) is 4.44. The molecule has 1 aromatic carbocycles. The number of furan rings is 1. The van der Waals surface area contributed by atoms with Crippen molar-refractivity contribution in [3.8, 4) is 0 Å². The molecular formula is C19H19ClN4O. The highest BCUT2D eigenvalue weighted by molar-refractivity contribution is 6.30. The van der Waals surface area contributed by atoms with Crippen molar-refractivity contribution in [2.75, 3.05) is 7.05 Å². The van der Waals surface area contributed by atoms with E-state index in [0.29, 0.717) is 0 Å². The van der Waals surface area contributed by atoms with E-state index in [9.17, 15) is 0 Å². The lowest BCUT2D eigenvalue weighted by Crippen LogP contribution is -2.34. The first-order valence-electron chi connectivity index (χ1n) is 8.24. The number of hydrogen-bond donors (Lipinski definition) is 0. The molecule has 0 N–H and O–H groups in total. The third-order valence-corrected chi connectivity index (χ3v) is 4.69. The Balaban J connectivity index is 1.91. The van der Waals surface area contributed by atoms with Gasteiger partial charge in [-0.25, -0.2) is 9.67 Å². The van der Waals surface area contributed by atoms with Crippen LogP contribution >= 0.6 is 11.6 Å². The fourth-order valence-electron chi connectivity index (χ4n) is 3.25. The average Bonchev–Trinajstić information content (AvgIpc) is 3.24. The zero-order valence-corrected chi connectivity index (χ0v) is 15.1. The Morgan fingerprint density at radius 1 is 1.16 bits per heavy atom. The summed E-state index contributed by atoms with van der Waals surface area (Å²) in [6.45, 7) is 4.20. The molecule has 5 nitrogen and oxygen atoms in total. The SMILES string of the molecule is CC(C)n1ncc2c1N=C(c1ccco1)N(C)[C@H]2c1ccc(Cl)cc1. The number of hydrogen-bond acceptors (Lipinski definition) is 4. The van der Waals surface area contributed by atoms with Crippen LogP contribution in [-0.4, -0.2) is 27.6 Å². The lowest BCUT2D eigenvalue weighted by atomic mass is 9.97. The van der Waals surface area contributed by atoms with Crippen LogP contribution in [0, 0.1) is 0 Å². The first-order chi connectivity index (χ1) is 12.1. The molecule has 1 aliphatic heterocycles. The average molecular weight is 355 g/mol. The molecule has 0 amide bonds. The van der Waals surface area contributed by atoms with Crippen LogP contribution in [0.3, 0.4) is 0 Å². The third kappa shape index (κ3) is 2.65. The Hall–Kier alpha value is -2.53. The fourth-order valence-corrected chi connectivity index (χ4v) is 3.37. The van der Waals surface area contributed by atoms with Gasteiger partial charge in [0.2, 0.25) is 0 Å². The predicted octanol–water partition coefficient (Wildman–Crippen LogP) is 4.82. The highest BCUT2D eigenvalue weighted by Gasteiger charge is 2.33. The predicted molar refractivity (Wildman–Crippen MR) is 98.6 cm³/mol. The number of rotatable bonds is 3. The normalized spacial score (nSPS) is 16.9. The quantitative estimate of drug-likeness (QED) is 0.677. The Bertz CT molecular complexity index is 910. The Kier molecular flexibility index (Phi) is 3.88. The summed E-state index contributed by atoms with van der Waals surface area (Å²) >= 11 is 6.07. The van der Waals surface area contributed by atoms with E-state index < -0.39 is 0 Å². The molecule has 6 heteroatoms. The molecule has 128 valence electrons. The lowest BCUT2D eigenvalue weighted by molar-refractivity contribution is 0.406. The molecule has 0 bridgehead atoms. The minimum absolute atomic E-state index is 0.00244. The summed E-state index contributed by atoms with van der Waals surface area (Å²) in [5.41, 5.74) is 2.21. The smallest absolute Gasteiger partial charge is 0.174 e. The van der Waals surface area contributed by atoms with Gasteiger partial charge in [-0.3, -0.25) is 0 Å². The summed E-state index contributed by atoms with van der Waals surface area (Å²) in [4.78, 5) is 6.99. The van der Waals surface area contributed by atoms with E-state index >= 15 is 0 Å². The number of nitrogens with zero attached hydrogens (tertiary/aromatic N) is 4. The van der Waals surface area contributed by atoms with Crippen LogP contribution in [0.25, 0.3) is 0 Å². The molecule has 3 heterocycles. The van der Waals surface area contributed by atoms with Crippen molar-refractivity contribution in [3.05, 3.63) is 70.8 Å². The minimum atomic E-state index is -0.00244. The molecule has 1 aliphatic rings. The van der Waals surface area contributed by atoms with Gasteiger partial charge in [0, 0.05) is 23.7 Å². The molecular weight excluding hydrogens is 336 g/mol. The van der Waals surface area contributed by atoms with Crippen molar-refractivity contribution in [2.24, 2.45) is 4.99 Å². The van der Waals surface area contributed by atoms with Crippen molar-refractivity contribution in [2.45, 2.75) is 25.9 Å². The molecule has 3 aromatic rings. The minimum Gasteiger partial charge on any atom is -0.461 e. The van der Waals surface area contributed by atoms with Crippen LogP contribution in [-0.2, 0) is 0 Å². The van der Waals surface area contributed by atoms with E-state index in [1.165, 1.54) is 0 Å². The number of amidine groups is 1. The highest BCUT2D eigenvalue weighted by atomic mass is 35.5. The molecule has 0 saturated heterocycles. The Morgan fingerprint density at radius 3 is 2.56 bits per heavy atom. The highest BCUT2D eigenvalue weighted by Crippen LogP contribution is 2.40. The monoisotopic (exact) mass is 354 g/mol. The van der Waals surface area contributed by atoms with E-state index in [4.69, 9.17) is 21.0 Å². The number of benzene rings is 1. The van der Waals surface area contributed by atoms with Crippen LogP contribution in [0.5, 0.6) is 0 Å². The Labute approximate surface area is 151 Å². The van der Waals surface area contributed by atoms with Crippen LogP contribution in [0.2, 0.25) is 5.02 Å². The molecule has 0 radical (unpaired) electrons. The zero-order valence-electron chi connectivity index (χ0n) is 14.3. The summed E-state index contributed by atoms with van der Waals surface area (Å²) < 4.78 is 7.57. The molecule has 0 saturated carbocycles. The summed E-state index contributed by atoms with van der Waals surface area (Å²) in [5, 5.41) is 5.29. The number of aliphatic imine (C=N–C) groups is 1. The zero-order chi connectivity index (χ0) is 17.6. The van der Waals surface area contributed by atoms with Crippen LogP contribution in [0.1, 0.15) is 42.8 Å². The lowest BCUT2D eigenvalue weighted by Gasteiger charge is -2.33. The summed E-state index contributed by atoms with van der Waals surface area (Å²) in [7, 11) is 2.02. The van der Waals surface area contributed by atoms with Gasteiger partial charge in [0.1, 0.15) is 0 Å². The second-order valence-corrected chi connectivity index (χ2v) is 6.88. The van der Waals surface area contributed by atoms with Gasteiger partial charge in [0.05, 0.1) is 18.5 Å². The van der Waals surface area contributed by atoms with Crippen LogP contribution < -0.4 is 0 Å². The first-order valence-corrected chi connectivity index (χ1v) is 8.62. The molecule has 4 rings (SSSR count). The summed E-state index contributed by atoms with van der Waals surface area (Å²) in [5.74, 6) is 2.41. The van der Waals surface area contributed by atoms with Crippen LogP contribution in [0.15, 0.2) is 58.3 Å². The molecule has 0 unspecified atom stereocenters. The number of halogens is 1. The standard InChI is InChI=1S/C19H19ClN4O/c1-12(2)24-18-15(11-21-24)17(13-6-8-14(20)9-7-13)23(3)19(22-18)16-5-4-10-25-16/h4-12,17H,1-3H3/t17-/m0/s1. The largest absolute Gasteiger partial charge is 0.461 e. The number of fused-ring (bicyclic) bond motifs is 1. The van der Waals surface area contributed by atoms with Gasteiger partial charge in [-0.1, -0.05) is 23.7 Å². The van der Waals surface area contributed by atoms with Crippen molar-refractivity contribution in [3.63, 3.8) is 0 Å². The maximum absolute atomic E-state index is 6.07. The van der Waals surface area contributed by atoms with Crippen molar-refractivity contribution in [1.82, 2.24) is 14.7 Å². The van der Waals surface area contributed by atoms with Gasteiger partial charge in [-0.15, -0.1) is 0 Å². The van der Waals surface area contributed by atoms with Crippen molar-refractivity contribution < 1.29 is 4.42 Å². The molecule has 0 fully saturated rings. The molecule has 25 heavy (non-hydrogen) atoms. The van der Waals surface area contributed by atoms with E-state index in [0.717, 1.165) is 33.6 Å². The maximum atomic E-state index is 6.07. The maximum Gasteiger partial charge on any atom is 0.174 e. The molecule has 1 atom stereocenters. The van der Waals surface area contributed by atoms with E-state index in [-0.39, 0.29) is 12.1 Å². The molecule has 0 spiro atoms. The molecule has 0 aliphatic carbocycles. The molecule has 2 aromatic heterocycles. The summed E-state index contributed by atoms with van der Waals surface area (Å²) in [6.07, 6.45) is 3.58. The fraction of sp³-hybridized carbons (Fsp3) is 0.263. The second kappa shape index (κ2) is 6.08. The van der Waals surface area contributed by atoms with E-state index in [2.05, 4.69) is 23.8 Å². The van der Waals surface area contributed by atoms with E-state index in [1.807, 2.05) is 54.3 Å². The van der Waals surface area contributed by atoms with E-state index in [1.54, 1.807) is 6.26 Å². The van der Waals surface area contributed by atoms with Gasteiger partial charge in [-0.2, -0.15) is 5.10 Å². The summed E-state index contributed by atoms with van der Waals surface area (Å²) in [6, 6.07) is 11.9. The topological polar surface area (TPSA) is 46.6 Å². The van der Waals surface area contributed by atoms with Gasteiger partial charge < -0.3 is 9.32 Å². The Morgan fingerprint density at radius 2 is 1.92 bits per heavy atom. The van der Waals surface area contributed by atoms with Crippen molar-refractivity contribution in [1.29, 1.82) is 0 Å². The van der Waals surface area contributed by atoms with Crippen LogP contribution in [0.4, 0.5) is 5.82 Å². The second-order valence-electron chi connectivity index (χ2n) is 6.44. The van der Waals surface area contributed by atoms with Gasteiger partial charge in [0.25, 0.3) is 0 Å². The van der Waals surface area contributed by atoms with Crippen molar-refractivity contribution >= 4 is 23.3 Å².